The molecule has 1 aliphatic rings. The van der Waals surface area contributed by atoms with Gasteiger partial charge in [0.25, 0.3) is 0 Å². The smallest absolute Gasteiger partial charge is 0.328 e. The molecule has 1 heterocycles. The molecule has 0 aromatic heterocycles. The summed E-state index contributed by atoms with van der Waals surface area (Å²) in [4.78, 5) is 10.5. The zero-order valence-corrected chi connectivity index (χ0v) is 10.8. The lowest BCUT2D eigenvalue weighted by Gasteiger charge is -2.24. The van der Waals surface area contributed by atoms with Gasteiger partial charge in [-0.3, -0.25) is 0 Å². The number of rotatable bonds is 2. The fourth-order valence-electron chi connectivity index (χ4n) is 1.91. The molecule has 0 bridgehead atoms. The topological polar surface area (TPSA) is 46.5 Å². The summed E-state index contributed by atoms with van der Waals surface area (Å²) in [5, 5.41) is 8.64. The zero-order valence-electron chi connectivity index (χ0n) is 9.23. The average molecular weight is 297 g/mol. The van der Waals surface area contributed by atoms with Crippen LogP contribution in [0.4, 0.5) is 0 Å². The summed E-state index contributed by atoms with van der Waals surface area (Å²) in [6, 6.07) is 8.03. The monoisotopic (exact) mass is 296 g/mol. The van der Waals surface area contributed by atoms with E-state index < -0.39 is 5.97 Å². The predicted molar refractivity (Wildman–Crippen MR) is 67.8 cm³/mol. The third-order valence-electron chi connectivity index (χ3n) is 2.77. The van der Waals surface area contributed by atoms with Crippen LogP contribution in [0.5, 0.6) is 0 Å². The van der Waals surface area contributed by atoms with Crippen molar-refractivity contribution in [2.45, 2.75) is 18.9 Å². The van der Waals surface area contributed by atoms with Gasteiger partial charge in [-0.15, -0.1) is 0 Å². The van der Waals surface area contributed by atoms with Crippen molar-refractivity contribution in [1.82, 2.24) is 0 Å². The second kappa shape index (κ2) is 5.47. The Morgan fingerprint density at radius 2 is 2.12 bits per heavy atom. The number of hydrogen-bond donors (Lipinski definition) is 1. The van der Waals surface area contributed by atoms with E-state index in [0.717, 1.165) is 28.5 Å². The van der Waals surface area contributed by atoms with Crippen LogP contribution in [-0.2, 0) is 9.53 Å². The van der Waals surface area contributed by atoms with Gasteiger partial charge in [-0.25, -0.2) is 4.79 Å². The summed E-state index contributed by atoms with van der Waals surface area (Å²) in [6.07, 6.45) is 2.94. The summed E-state index contributed by atoms with van der Waals surface area (Å²) >= 11 is 3.39. The fourth-order valence-corrected chi connectivity index (χ4v) is 2.17. The molecule has 0 radical (unpaired) electrons. The number of hydrogen-bond acceptors (Lipinski definition) is 2. The first-order valence-corrected chi connectivity index (χ1v) is 6.24. The molecule has 0 amide bonds. The van der Waals surface area contributed by atoms with Gasteiger partial charge in [-0.1, -0.05) is 28.1 Å². The molecule has 2 rings (SSSR count). The Morgan fingerprint density at radius 3 is 2.65 bits per heavy atom. The molecule has 1 aromatic rings. The normalized spacial score (nSPS) is 22.6. The Labute approximate surface area is 108 Å². The first-order valence-electron chi connectivity index (χ1n) is 5.44. The molecule has 3 nitrogen and oxygen atoms in total. The third-order valence-corrected chi connectivity index (χ3v) is 3.30. The standard InChI is InChI=1S/C13H13BrO3/c14-11-4-2-10(3-5-11)12-6-1-9(8-17-12)7-13(15)16/h2-5,7,12H,1,6,8H2,(H,15,16). The van der Waals surface area contributed by atoms with Crippen LogP contribution in [0.2, 0.25) is 0 Å². The molecule has 1 saturated heterocycles. The summed E-state index contributed by atoms with van der Waals surface area (Å²) in [6.45, 7) is 0.410. The first-order chi connectivity index (χ1) is 8.15. The Bertz CT molecular complexity index is 426. The Hall–Kier alpha value is -1.13. The minimum absolute atomic E-state index is 0.0778. The molecule has 1 atom stereocenters. The number of carboxylic acid groups (broad SMARTS) is 1. The van der Waals surface area contributed by atoms with Crippen molar-refractivity contribution >= 4 is 21.9 Å². The van der Waals surface area contributed by atoms with Gasteiger partial charge >= 0.3 is 5.97 Å². The van der Waals surface area contributed by atoms with E-state index in [0.29, 0.717) is 6.61 Å². The van der Waals surface area contributed by atoms with Crippen LogP contribution in [0.15, 0.2) is 40.4 Å². The lowest BCUT2D eigenvalue weighted by molar-refractivity contribution is -0.131. The van der Waals surface area contributed by atoms with Gasteiger partial charge < -0.3 is 9.84 Å². The molecule has 1 N–H and O–H groups in total. The van der Waals surface area contributed by atoms with Crippen LogP contribution in [0.3, 0.4) is 0 Å². The van der Waals surface area contributed by atoms with Crippen LogP contribution in [0.25, 0.3) is 0 Å². The number of aliphatic carboxylic acids is 1. The lowest BCUT2D eigenvalue weighted by Crippen LogP contribution is -2.14. The SMILES string of the molecule is O=C(O)C=C1CCC(c2ccc(Br)cc2)OC1. The number of ether oxygens (including phenoxy) is 1. The summed E-state index contributed by atoms with van der Waals surface area (Å²) in [7, 11) is 0. The first kappa shape index (κ1) is 12.3. The molecule has 90 valence electrons. The molecule has 0 spiro atoms. The molecule has 1 fully saturated rings. The van der Waals surface area contributed by atoms with E-state index in [1.807, 2.05) is 24.3 Å². The Kier molecular flexibility index (Phi) is 3.97. The van der Waals surface area contributed by atoms with Crippen molar-refractivity contribution in [3.05, 3.63) is 46.0 Å². The summed E-state index contributed by atoms with van der Waals surface area (Å²) < 4.78 is 6.72. The molecule has 4 heteroatoms. The van der Waals surface area contributed by atoms with Gasteiger partial charge in [-0.2, -0.15) is 0 Å². The van der Waals surface area contributed by atoms with Crippen molar-refractivity contribution in [3.8, 4) is 0 Å². The van der Waals surface area contributed by atoms with E-state index >= 15 is 0 Å². The Morgan fingerprint density at radius 1 is 1.41 bits per heavy atom. The van der Waals surface area contributed by atoms with Gasteiger partial charge in [0.1, 0.15) is 0 Å². The molecule has 1 unspecified atom stereocenters. The quantitative estimate of drug-likeness (QED) is 0.852. The minimum atomic E-state index is -0.898. The second-order valence-corrected chi connectivity index (χ2v) is 4.95. The van der Waals surface area contributed by atoms with Gasteiger partial charge in [0, 0.05) is 10.5 Å². The average Bonchev–Trinajstić information content (AvgIpc) is 2.30. The molecule has 17 heavy (non-hydrogen) atoms. The molecular weight excluding hydrogens is 284 g/mol. The van der Waals surface area contributed by atoms with Crippen molar-refractivity contribution in [2.24, 2.45) is 0 Å². The Balaban J connectivity index is 1.99. The zero-order chi connectivity index (χ0) is 12.3. The van der Waals surface area contributed by atoms with Crippen molar-refractivity contribution in [1.29, 1.82) is 0 Å². The van der Waals surface area contributed by atoms with Crippen LogP contribution in [-0.4, -0.2) is 17.7 Å². The van der Waals surface area contributed by atoms with Crippen LogP contribution in [0, 0.1) is 0 Å². The van der Waals surface area contributed by atoms with E-state index in [2.05, 4.69) is 15.9 Å². The maximum Gasteiger partial charge on any atom is 0.328 e. The minimum Gasteiger partial charge on any atom is -0.478 e. The molecule has 0 aliphatic carbocycles. The van der Waals surface area contributed by atoms with Crippen LogP contribution in [0.1, 0.15) is 24.5 Å². The second-order valence-electron chi connectivity index (χ2n) is 4.03. The van der Waals surface area contributed by atoms with Gasteiger partial charge in [0.15, 0.2) is 0 Å². The van der Waals surface area contributed by atoms with E-state index in [4.69, 9.17) is 9.84 Å². The number of carbonyl (C=O) groups is 1. The van der Waals surface area contributed by atoms with E-state index in [9.17, 15) is 4.79 Å². The number of halogens is 1. The van der Waals surface area contributed by atoms with E-state index in [1.54, 1.807) is 0 Å². The highest BCUT2D eigenvalue weighted by molar-refractivity contribution is 9.10. The summed E-state index contributed by atoms with van der Waals surface area (Å²) in [5.41, 5.74) is 1.99. The van der Waals surface area contributed by atoms with Crippen molar-refractivity contribution in [2.75, 3.05) is 6.61 Å². The highest BCUT2D eigenvalue weighted by Crippen LogP contribution is 2.30. The molecular formula is C13H13BrO3. The van der Waals surface area contributed by atoms with Gasteiger partial charge in [-0.05, 0) is 36.1 Å². The maximum atomic E-state index is 10.5. The highest BCUT2D eigenvalue weighted by Gasteiger charge is 2.19. The maximum absolute atomic E-state index is 10.5. The van der Waals surface area contributed by atoms with Crippen LogP contribution < -0.4 is 0 Å². The molecule has 1 aromatic carbocycles. The number of benzene rings is 1. The highest BCUT2D eigenvalue weighted by atomic mass is 79.9. The fraction of sp³-hybridized carbons (Fsp3) is 0.308. The third kappa shape index (κ3) is 3.41. The van der Waals surface area contributed by atoms with Gasteiger partial charge in [0.2, 0.25) is 0 Å². The largest absolute Gasteiger partial charge is 0.478 e. The van der Waals surface area contributed by atoms with E-state index in [1.165, 1.54) is 6.08 Å². The van der Waals surface area contributed by atoms with Crippen molar-refractivity contribution in [3.63, 3.8) is 0 Å². The predicted octanol–water partition coefficient (Wildman–Crippen LogP) is 3.31. The number of carboxylic acids is 1. The van der Waals surface area contributed by atoms with E-state index in [-0.39, 0.29) is 6.10 Å². The molecule has 1 aliphatic heterocycles. The van der Waals surface area contributed by atoms with Crippen LogP contribution >= 0.6 is 15.9 Å². The van der Waals surface area contributed by atoms with Gasteiger partial charge in [0.05, 0.1) is 12.7 Å². The summed E-state index contributed by atoms with van der Waals surface area (Å²) in [5.74, 6) is -0.898. The molecule has 0 saturated carbocycles. The van der Waals surface area contributed by atoms with Crippen molar-refractivity contribution < 1.29 is 14.6 Å². The lowest BCUT2D eigenvalue weighted by atomic mass is 9.98.